The molecule has 0 aliphatic carbocycles. The molecular weight excluding hydrogens is 152 g/mol. The van der Waals surface area contributed by atoms with Crippen molar-refractivity contribution in [3.8, 4) is 0 Å². The maximum Gasteiger partial charge on any atom is 0.236 e. The highest BCUT2D eigenvalue weighted by molar-refractivity contribution is 6.18. The van der Waals surface area contributed by atoms with E-state index in [9.17, 15) is 4.79 Å². The van der Waals surface area contributed by atoms with Crippen LogP contribution in [0.1, 0.15) is 0 Å². The van der Waals surface area contributed by atoms with E-state index in [1.807, 2.05) is 0 Å². The number of rotatable bonds is 2. The first-order valence-corrected chi connectivity index (χ1v) is 3.92. The number of carbonyl (C=O) groups is 1. The standard InChI is InChI=1S/C6H11ClN2O/c7-1-3-9-4-2-8-5-6(9)10/h8H,1-5H2. The monoisotopic (exact) mass is 162 g/mol. The fraction of sp³-hybridized carbons (Fsp3) is 0.833. The average Bonchev–Trinajstić information content (AvgIpc) is 1.94. The molecule has 0 aromatic rings. The van der Waals surface area contributed by atoms with Crippen LogP contribution in [0.3, 0.4) is 0 Å². The summed E-state index contributed by atoms with van der Waals surface area (Å²) in [5, 5.41) is 2.99. The van der Waals surface area contributed by atoms with Crippen molar-refractivity contribution in [3.05, 3.63) is 0 Å². The van der Waals surface area contributed by atoms with Crippen molar-refractivity contribution >= 4 is 17.5 Å². The lowest BCUT2D eigenvalue weighted by Gasteiger charge is -2.26. The number of carbonyl (C=O) groups excluding carboxylic acids is 1. The number of halogens is 1. The molecule has 1 heterocycles. The second-order valence-corrected chi connectivity index (χ2v) is 2.62. The van der Waals surface area contributed by atoms with Gasteiger partial charge in [-0.15, -0.1) is 11.6 Å². The van der Waals surface area contributed by atoms with Gasteiger partial charge in [0, 0.05) is 25.5 Å². The Morgan fingerprint density at radius 2 is 2.50 bits per heavy atom. The van der Waals surface area contributed by atoms with Crippen LogP contribution in [-0.2, 0) is 4.79 Å². The third kappa shape index (κ3) is 1.85. The van der Waals surface area contributed by atoms with Gasteiger partial charge in [0.25, 0.3) is 0 Å². The summed E-state index contributed by atoms with van der Waals surface area (Å²) in [7, 11) is 0. The highest BCUT2D eigenvalue weighted by Gasteiger charge is 2.15. The van der Waals surface area contributed by atoms with Gasteiger partial charge in [0.1, 0.15) is 0 Å². The van der Waals surface area contributed by atoms with Gasteiger partial charge in [-0.2, -0.15) is 0 Å². The predicted molar refractivity (Wildman–Crippen MR) is 40.2 cm³/mol. The predicted octanol–water partition coefficient (Wildman–Crippen LogP) is -0.343. The van der Waals surface area contributed by atoms with Crippen molar-refractivity contribution in [2.75, 3.05) is 32.1 Å². The Balaban J connectivity index is 2.32. The Bertz CT molecular complexity index is 127. The van der Waals surface area contributed by atoms with Gasteiger partial charge in [0.2, 0.25) is 5.91 Å². The average molecular weight is 163 g/mol. The van der Waals surface area contributed by atoms with Crippen molar-refractivity contribution < 1.29 is 4.79 Å². The van der Waals surface area contributed by atoms with E-state index in [1.54, 1.807) is 4.90 Å². The van der Waals surface area contributed by atoms with Gasteiger partial charge in [-0.3, -0.25) is 4.79 Å². The lowest BCUT2D eigenvalue weighted by Crippen LogP contribution is -2.48. The number of hydrogen-bond donors (Lipinski definition) is 1. The molecule has 0 radical (unpaired) electrons. The zero-order chi connectivity index (χ0) is 7.40. The van der Waals surface area contributed by atoms with Crippen LogP contribution in [0, 0.1) is 0 Å². The molecule has 0 aromatic carbocycles. The molecule has 1 aliphatic rings. The van der Waals surface area contributed by atoms with Gasteiger partial charge in [0.15, 0.2) is 0 Å². The minimum atomic E-state index is 0.159. The van der Waals surface area contributed by atoms with E-state index >= 15 is 0 Å². The van der Waals surface area contributed by atoms with E-state index in [0.717, 1.165) is 13.1 Å². The Morgan fingerprint density at radius 3 is 3.10 bits per heavy atom. The Kier molecular flexibility index (Phi) is 2.96. The van der Waals surface area contributed by atoms with Crippen LogP contribution >= 0.6 is 11.6 Å². The Hall–Kier alpha value is -0.280. The van der Waals surface area contributed by atoms with Crippen molar-refractivity contribution in [1.82, 2.24) is 10.2 Å². The molecule has 0 aromatic heterocycles. The maximum absolute atomic E-state index is 11.0. The number of piperazine rings is 1. The molecule has 0 atom stereocenters. The van der Waals surface area contributed by atoms with E-state index in [0.29, 0.717) is 19.0 Å². The van der Waals surface area contributed by atoms with Crippen LogP contribution in [0.4, 0.5) is 0 Å². The van der Waals surface area contributed by atoms with Crippen LogP contribution in [0.25, 0.3) is 0 Å². The smallest absolute Gasteiger partial charge is 0.236 e. The summed E-state index contributed by atoms with van der Waals surface area (Å²) in [6, 6.07) is 0. The fourth-order valence-electron chi connectivity index (χ4n) is 0.984. The van der Waals surface area contributed by atoms with Gasteiger partial charge >= 0.3 is 0 Å². The van der Waals surface area contributed by atoms with Crippen molar-refractivity contribution in [2.45, 2.75) is 0 Å². The Morgan fingerprint density at radius 1 is 1.70 bits per heavy atom. The zero-order valence-corrected chi connectivity index (χ0v) is 6.52. The molecule has 1 saturated heterocycles. The summed E-state index contributed by atoms with van der Waals surface area (Å²) in [4.78, 5) is 12.8. The van der Waals surface area contributed by atoms with E-state index in [-0.39, 0.29) is 5.91 Å². The fourth-order valence-corrected chi connectivity index (χ4v) is 1.19. The largest absolute Gasteiger partial charge is 0.339 e. The number of hydrogen-bond acceptors (Lipinski definition) is 2. The SMILES string of the molecule is O=C1CNCCN1CCCl. The number of nitrogens with zero attached hydrogens (tertiary/aromatic N) is 1. The molecule has 10 heavy (non-hydrogen) atoms. The number of alkyl halides is 1. The summed E-state index contributed by atoms with van der Waals surface area (Å²) < 4.78 is 0. The topological polar surface area (TPSA) is 32.3 Å². The van der Waals surface area contributed by atoms with E-state index in [1.165, 1.54) is 0 Å². The molecular formula is C6H11ClN2O. The van der Waals surface area contributed by atoms with Crippen LogP contribution in [0.5, 0.6) is 0 Å². The zero-order valence-electron chi connectivity index (χ0n) is 5.77. The van der Waals surface area contributed by atoms with Gasteiger partial charge in [-0.1, -0.05) is 0 Å². The molecule has 4 heteroatoms. The molecule has 0 spiro atoms. The summed E-state index contributed by atoms with van der Waals surface area (Å²) in [5.74, 6) is 0.693. The molecule has 1 N–H and O–H groups in total. The third-order valence-corrected chi connectivity index (χ3v) is 1.71. The van der Waals surface area contributed by atoms with E-state index in [4.69, 9.17) is 11.6 Å². The van der Waals surface area contributed by atoms with Gasteiger partial charge in [-0.05, 0) is 0 Å². The number of amides is 1. The van der Waals surface area contributed by atoms with E-state index in [2.05, 4.69) is 5.32 Å². The second-order valence-electron chi connectivity index (χ2n) is 2.25. The summed E-state index contributed by atoms with van der Waals surface area (Å²) in [5.41, 5.74) is 0. The van der Waals surface area contributed by atoms with Gasteiger partial charge < -0.3 is 10.2 Å². The minimum Gasteiger partial charge on any atom is -0.339 e. The molecule has 0 saturated carbocycles. The van der Waals surface area contributed by atoms with Crippen molar-refractivity contribution in [3.63, 3.8) is 0 Å². The minimum absolute atomic E-state index is 0.159. The first kappa shape index (κ1) is 7.82. The second kappa shape index (κ2) is 3.78. The van der Waals surface area contributed by atoms with Crippen molar-refractivity contribution in [1.29, 1.82) is 0 Å². The molecule has 1 aliphatic heterocycles. The van der Waals surface area contributed by atoms with Crippen LogP contribution in [-0.4, -0.2) is 42.9 Å². The summed E-state index contributed by atoms with van der Waals surface area (Å²) in [6.07, 6.45) is 0. The van der Waals surface area contributed by atoms with Gasteiger partial charge in [-0.25, -0.2) is 0 Å². The first-order chi connectivity index (χ1) is 4.84. The first-order valence-electron chi connectivity index (χ1n) is 3.39. The summed E-state index contributed by atoms with van der Waals surface area (Å²) in [6.45, 7) is 2.84. The normalized spacial score (nSPS) is 19.7. The molecule has 0 unspecified atom stereocenters. The molecule has 1 fully saturated rings. The van der Waals surface area contributed by atoms with Gasteiger partial charge in [0.05, 0.1) is 6.54 Å². The lowest BCUT2D eigenvalue weighted by molar-refractivity contribution is -0.131. The highest BCUT2D eigenvalue weighted by Crippen LogP contribution is 1.93. The maximum atomic E-state index is 11.0. The summed E-state index contributed by atoms with van der Waals surface area (Å²) >= 11 is 5.49. The quantitative estimate of drug-likeness (QED) is 0.564. The van der Waals surface area contributed by atoms with Crippen LogP contribution in [0.15, 0.2) is 0 Å². The van der Waals surface area contributed by atoms with Crippen molar-refractivity contribution in [2.24, 2.45) is 0 Å². The highest BCUT2D eigenvalue weighted by atomic mass is 35.5. The molecule has 3 nitrogen and oxygen atoms in total. The molecule has 58 valence electrons. The molecule has 0 bridgehead atoms. The lowest BCUT2D eigenvalue weighted by atomic mass is 10.3. The number of nitrogens with one attached hydrogen (secondary N) is 1. The Labute approximate surface area is 65.3 Å². The molecule has 1 amide bonds. The molecule has 1 rings (SSSR count). The van der Waals surface area contributed by atoms with Crippen LogP contribution < -0.4 is 5.32 Å². The third-order valence-electron chi connectivity index (χ3n) is 1.54. The van der Waals surface area contributed by atoms with Crippen LogP contribution in [0.2, 0.25) is 0 Å². The van der Waals surface area contributed by atoms with E-state index < -0.39 is 0 Å².